The molecule has 0 radical (unpaired) electrons. The summed E-state index contributed by atoms with van der Waals surface area (Å²) in [5, 5.41) is 9.45. The molecule has 0 saturated carbocycles. The van der Waals surface area contributed by atoms with E-state index in [0.29, 0.717) is 11.7 Å². The average Bonchev–Trinajstić information content (AvgIpc) is 2.73. The Morgan fingerprint density at radius 1 is 1.00 bits per heavy atom. The molecule has 80 valence electrons. The summed E-state index contributed by atoms with van der Waals surface area (Å²) in [6.45, 7) is 0. The van der Waals surface area contributed by atoms with E-state index in [1.807, 2.05) is 6.07 Å². The molecule has 1 heteroatoms. The van der Waals surface area contributed by atoms with Gasteiger partial charge in [0.25, 0.3) is 0 Å². The standard InChI is InChI=1S/C15H14O/c16-13-7-9-15-12(10-13)6-8-14(15)11-4-2-1-3-5-11/h1-5,7,9-10,14,16H,6,8H2. The fourth-order valence-electron chi connectivity index (χ4n) is 2.64. The van der Waals surface area contributed by atoms with Gasteiger partial charge >= 0.3 is 0 Å². The van der Waals surface area contributed by atoms with Crippen molar-refractivity contribution in [3.8, 4) is 5.75 Å². The molecule has 1 aliphatic carbocycles. The van der Waals surface area contributed by atoms with E-state index in [4.69, 9.17) is 0 Å². The summed E-state index contributed by atoms with van der Waals surface area (Å²) in [5.74, 6) is 0.893. The van der Waals surface area contributed by atoms with Gasteiger partial charge in [0.1, 0.15) is 5.75 Å². The fraction of sp³-hybridized carbons (Fsp3) is 0.200. The molecule has 1 aliphatic rings. The number of benzene rings is 2. The predicted molar refractivity (Wildman–Crippen MR) is 64.7 cm³/mol. The Morgan fingerprint density at radius 2 is 1.81 bits per heavy atom. The molecule has 2 aromatic carbocycles. The fourth-order valence-corrected chi connectivity index (χ4v) is 2.64. The number of aromatic hydroxyl groups is 1. The van der Waals surface area contributed by atoms with Gasteiger partial charge in [-0.3, -0.25) is 0 Å². The van der Waals surface area contributed by atoms with Crippen LogP contribution in [-0.2, 0) is 6.42 Å². The van der Waals surface area contributed by atoms with E-state index in [-0.39, 0.29) is 0 Å². The molecular formula is C15H14O. The van der Waals surface area contributed by atoms with Gasteiger partial charge in [0.05, 0.1) is 0 Å². The molecule has 0 aliphatic heterocycles. The van der Waals surface area contributed by atoms with Gasteiger partial charge in [0.2, 0.25) is 0 Å². The smallest absolute Gasteiger partial charge is 0.115 e. The van der Waals surface area contributed by atoms with Crippen molar-refractivity contribution in [1.29, 1.82) is 0 Å². The van der Waals surface area contributed by atoms with Gasteiger partial charge < -0.3 is 5.11 Å². The number of fused-ring (bicyclic) bond motifs is 1. The molecule has 0 amide bonds. The summed E-state index contributed by atoms with van der Waals surface area (Å²) in [4.78, 5) is 0. The first-order chi connectivity index (χ1) is 7.84. The second-order valence-corrected chi connectivity index (χ2v) is 4.39. The van der Waals surface area contributed by atoms with Crippen molar-refractivity contribution >= 4 is 0 Å². The van der Waals surface area contributed by atoms with Gasteiger partial charge in [-0.05, 0) is 41.7 Å². The summed E-state index contributed by atoms with van der Waals surface area (Å²) < 4.78 is 0. The van der Waals surface area contributed by atoms with E-state index in [2.05, 4.69) is 36.4 Å². The van der Waals surface area contributed by atoms with Crippen LogP contribution in [0.25, 0.3) is 0 Å². The molecule has 1 unspecified atom stereocenters. The lowest BCUT2D eigenvalue weighted by Gasteiger charge is -2.11. The molecule has 0 bridgehead atoms. The summed E-state index contributed by atoms with van der Waals surface area (Å²) in [7, 11) is 0. The van der Waals surface area contributed by atoms with E-state index < -0.39 is 0 Å². The highest BCUT2D eigenvalue weighted by Crippen LogP contribution is 2.39. The molecule has 1 N–H and O–H groups in total. The van der Waals surface area contributed by atoms with Crippen LogP contribution in [-0.4, -0.2) is 5.11 Å². The number of phenolic OH excluding ortho intramolecular Hbond substituents is 1. The van der Waals surface area contributed by atoms with Gasteiger partial charge in [0, 0.05) is 5.92 Å². The topological polar surface area (TPSA) is 20.2 Å². The van der Waals surface area contributed by atoms with Crippen LogP contribution < -0.4 is 0 Å². The molecule has 3 rings (SSSR count). The van der Waals surface area contributed by atoms with E-state index in [0.717, 1.165) is 12.8 Å². The Kier molecular flexibility index (Phi) is 2.17. The van der Waals surface area contributed by atoms with Crippen LogP contribution in [0.5, 0.6) is 5.75 Å². The normalized spacial score (nSPS) is 18.4. The molecule has 0 spiro atoms. The molecule has 1 atom stereocenters. The maximum Gasteiger partial charge on any atom is 0.115 e. The molecule has 0 heterocycles. The number of aryl methyl sites for hydroxylation is 1. The summed E-state index contributed by atoms with van der Waals surface area (Å²) >= 11 is 0. The van der Waals surface area contributed by atoms with Gasteiger partial charge in [-0.2, -0.15) is 0 Å². The minimum Gasteiger partial charge on any atom is -0.508 e. The first-order valence-corrected chi connectivity index (χ1v) is 5.71. The van der Waals surface area contributed by atoms with Gasteiger partial charge in [-0.25, -0.2) is 0 Å². The first kappa shape index (κ1) is 9.46. The Bertz CT molecular complexity index is 502. The zero-order valence-corrected chi connectivity index (χ0v) is 9.06. The molecule has 0 saturated heterocycles. The number of hydrogen-bond donors (Lipinski definition) is 1. The Morgan fingerprint density at radius 3 is 2.62 bits per heavy atom. The van der Waals surface area contributed by atoms with Crippen molar-refractivity contribution in [3.05, 3.63) is 65.2 Å². The largest absolute Gasteiger partial charge is 0.508 e. The summed E-state index contributed by atoms with van der Waals surface area (Å²) in [6.07, 6.45) is 2.23. The number of rotatable bonds is 1. The highest BCUT2D eigenvalue weighted by atomic mass is 16.3. The summed E-state index contributed by atoms with van der Waals surface area (Å²) in [6, 6.07) is 16.4. The highest BCUT2D eigenvalue weighted by Gasteiger charge is 2.23. The van der Waals surface area contributed by atoms with E-state index >= 15 is 0 Å². The second-order valence-electron chi connectivity index (χ2n) is 4.39. The molecule has 1 nitrogen and oxygen atoms in total. The molecule has 0 aromatic heterocycles. The van der Waals surface area contributed by atoms with E-state index in [1.165, 1.54) is 16.7 Å². The van der Waals surface area contributed by atoms with Crippen LogP contribution in [0.1, 0.15) is 29.0 Å². The van der Waals surface area contributed by atoms with Crippen molar-refractivity contribution in [2.75, 3.05) is 0 Å². The molecule has 0 fully saturated rings. The van der Waals surface area contributed by atoms with Crippen LogP contribution in [0.4, 0.5) is 0 Å². The third kappa shape index (κ3) is 1.49. The zero-order valence-electron chi connectivity index (χ0n) is 9.06. The lowest BCUT2D eigenvalue weighted by Crippen LogP contribution is -1.95. The van der Waals surface area contributed by atoms with Crippen LogP contribution in [0.15, 0.2) is 48.5 Å². The molecular weight excluding hydrogens is 196 g/mol. The maximum absolute atomic E-state index is 9.45. The predicted octanol–water partition coefficient (Wildman–Crippen LogP) is 3.47. The van der Waals surface area contributed by atoms with Gasteiger partial charge in [-0.1, -0.05) is 36.4 Å². The lowest BCUT2D eigenvalue weighted by atomic mass is 9.93. The lowest BCUT2D eigenvalue weighted by molar-refractivity contribution is 0.474. The van der Waals surface area contributed by atoms with Crippen LogP contribution >= 0.6 is 0 Å². The van der Waals surface area contributed by atoms with Crippen LogP contribution in [0.2, 0.25) is 0 Å². The second kappa shape index (κ2) is 3.67. The zero-order chi connectivity index (χ0) is 11.0. The number of phenols is 1. The maximum atomic E-state index is 9.45. The Hall–Kier alpha value is -1.76. The van der Waals surface area contributed by atoms with E-state index in [9.17, 15) is 5.11 Å². The SMILES string of the molecule is Oc1ccc2c(c1)CCC2c1ccccc1. The minimum atomic E-state index is 0.382. The highest BCUT2D eigenvalue weighted by molar-refractivity contribution is 5.45. The first-order valence-electron chi connectivity index (χ1n) is 5.71. The van der Waals surface area contributed by atoms with Gasteiger partial charge in [-0.15, -0.1) is 0 Å². The Labute approximate surface area is 95.4 Å². The van der Waals surface area contributed by atoms with Crippen molar-refractivity contribution in [2.45, 2.75) is 18.8 Å². The third-order valence-electron chi connectivity index (χ3n) is 3.41. The monoisotopic (exact) mass is 210 g/mol. The van der Waals surface area contributed by atoms with Crippen LogP contribution in [0, 0.1) is 0 Å². The van der Waals surface area contributed by atoms with E-state index in [1.54, 1.807) is 6.07 Å². The van der Waals surface area contributed by atoms with Crippen molar-refractivity contribution in [2.24, 2.45) is 0 Å². The van der Waals surface area contributed by atoms with Crippen molar-refractivity contribution in [1.82, 2.24) is 0 Å². The quantitative estimate of drug-likeness (QED) is 0.764. The summed E-state index contributed by atoms with van der Waals surface area (Å²) in [5.41, 5.74) is 4.06. The third-order valence-corrected chi connectivity index (χ3v) is 3.41. The Balaban J connectivity index is 2.04. The van der Waals surface area contributed by atoms with Crippen molar-refractivity contribution in [3.63, 3.8) is 0 Å². The number of hydrogen-bond acceptors (Lipinski definition) is 1. The van der Waals surface area contributed by atoms with Crippen molar-refractivity contribution < 1.29 is 5.11 Å². The minimum absolute atomic E-state index is 0.382. The van der Waals surface area contributed by atoms with Crippen LogP contribution in [0.3, 0.4) is 0 Å². The molecule has 16 heavy (non-hydrogen) atoms. The molecule has 2 aromatic rings. The van der Waals surface area contributed by atoms with Gasteiger partial charge in [0.15, 0.2) is 0 Å². The average molecular weight is 210 g/mol.